The molecule has 4 aromatic carbocycles. The molecule has 3 nitrogen and oxygen atoms in total. The molecular formula is C26H20N2O. The van der Waals surface area contributed by atoms with Gasteiger partial charge in [0.05, 0.1) is 11.3 Å². The number of hydrogen-bond acceptors (Lipinski definition) is 2. The van der Waals surface area contributed by atoms with Gasteiger partial charge < -0.3 is 10.3 Å². The van der Waals surface area contributed by atoms with Crippen LogP contribution in [0, 0.1) is 5.21 Å². The number of quaternary nitrogens is 1. The lowest BCUT2D eigenvalue weighted by Gasteiger charge is -2.38. The molecule has 5 rings (SSSR count). The van der Waals surface area contributed by atoms with Crippen LogP contribution in [0.1, 0.15) is 16.7 Å². The minimum Gasteiger partial charge on any atom is -0.628 e. The molecule has 0 fully saturated rings. The van der Waals surface area contributed by atoms with Gasteiger partial charge in [0.1, 0.15) is 11.4 Å². The van der Waals surface area contributed by atoms with Gasteiger partial charge in [0.25, 0.3) is 0 Å². The molecule has 1 aliphatic heterocycles. The van der Waals surface area contributed by atoms with Crippen LogP contribution in [0.5, 0.6) is 0 Å². The minimum atomic E-state index is -0.970. The number of hydroxylamine groups is 1. The number of fused-ring (bicyclic) bond motifs is 1. The summed E-state index contributed by atoms with van der Waals surface area (Å²) in [6, 6.07) is 37.6. The predicted molar refractivity (Wildman–Crippen MR) is 117 cm³/mol. The monoisotopic (exact) mass is 376 g/mol. The summed E-state index contributed by atoms with van der Waals surface area (Å²) >= 11 is 0. The van der Waals surface area contributed by atoms with Crippen molar-refractivity contribution in [3.05, 3.63) is 137 Å². The zero-order chi connectivity index (χ0) is 19.7. The number of rotatable bonds is 3. The van der Waals surface area contributed by atoms with Gasteiger partial charge in [-0.05, 0) is 18.2 Å². The van der Waals surface area contributed by atoms with E-state index in [1.54, 1.807) is 0 Å². The number of nitrogens with zero attached hydrogens (tertiary/aromatic N) is 1. The summed E-state index contributed by atoms with van der Waals surface area (Å²) in [7, 11) is 0. The van der Waals surface area contributed by atoms with E-state index in [1.165, 1.54) is 0 Å². The molecule has 1 atom stereocenters. The summed E-state index contributed by atoms with van der Waals surface area (Å²) in [5, 5.41) is 14.1. The van der Waals surface area contributed by atoms with Crippen molar-refractivity contribution in [2.45, 2.75) is 5.54 Å². The molecule has 0 saturated heterocycles. The first kappa shape index (κ1) is 17.6. The van der Waals surface area contributed by atoms with Crippen molar-refractivity contribution in [3.63, 3.8) is 0 Å². The Morgan fingerprint density at radius 2 is 1.07 bits per heavy atom. The third-order valence-corrected chi connectivity index (χ3v) is 5.53. The maximum Gasteiger partial charge on any atom is 0.197 e. The van der Waals surface area contributed by atoms with E-state index in [2.05, 4.69) is 0 Å². The summed E-state index contributed by atoms with van der Waals surface area (Å²) in [5.41, 5.74) is 4.13. The smallest absolute Gasteiger partial charge is 0.197 e. The van der Waals surface area contributed by atoms with Gasteiger partial charge in [-0.2, -0.15) is 0 Å². The van der Waals surface area contributed by atoms with E-state index in [1.807, 2.05) is 115 Å². The van der Waals surface area contributed by atoms with Gasteiger partial charge in [-0.25, -0.2) is 4.99 Å². The van der Waals surface area contributed by atoms with E-state index in [0.29, 0.717) is 0 Å². The quantitative estimate of drug-likeness (QED) is 0.514. The van der Waals surface area contributed by atoms with Gasteiger partial charge in [0.2, 0.25) is 0 Å². The fourth-order valence-corrected chi connectivity index (χ4v) is 4.25. The molecule has 1 unspecified atom stereocenters. The van der Waals surface area contributed by atoms with Crippen LogP contribution in [0.3, 0.4) is 0 Å². The van der Waals surface area contributed by atoms with Crippen molar-refractivity contribution in [1.82, 2.24) is 0 Å². The second-order valence-electron chi connectivity index (χ2n) is 7.15. The molecular weight excluding hydrogens is 356 g/mol. The average Bonchev–Trinajstić information content (AvgIpc) is 3.05. The lowest BCUT2D eigenvalue weighted by Crippen LogP contribution is -3.09. The van der Waals surface area contributed by atoms with Gasteiger partial charge >= 0.3 is 0 Å². The van der Waals surface area contributed by atoms with Crippen LogP contribution in [-0.2, 0) is 5.54 Å². The molecule has 1 heterocycles. The van der Waals surface area contributed by atoms with E-state index >= 15 is 0 Å². The summed E-state index contributed by atoms with van der Waals surface area (Å²) in [4.78, 5) is 5.05. The number of para-hydroxylation sites is 2. The standard InChI is InChI=1S/C26H20N2O/c29-28-24-19-11-10-18-23(24)25(27-22-16-8-3-9-17-22)26(28,20-12-4-1-5-13-20)21-14-6-2-7-15-21/h1-19,28H. The molecule has 0 amide bonds. The average molecular weight is 376 g/mol. The number of aliphatic imine (C=N–C) groups is 1. The van der Waals surface area contributed by atoms with Crippen molar-refractivity contribution in [2.24, 2.45) is 4.99 Å². The van der Waals surface area contributed by atoms with Crippen molar-refractivity contribution < 1.29 is 5.06 Å². The SMILES string of the molecule is [O-][NH+]1c2ccccc2C(=Nc2ccccc2)C1(c1ccccc1)c1ccccc1. The Hall–Kier alpha value is -3.53. The first-order valence-corrected chi connectivity index (χ1v) is 9.71. The highest BCUT2D eigenvalue weighted by molar-refractivity contribution is 6.14. The van der Waals surface area contributed by atoms with Crippen molar-refractivity contribution >= 4 is 17.1 Å². The fraction of sp³-hybridized carbons (Fsp3) is 0.0385. The number of nitrogens with one attached hydrogen (secondary N) is 1. The van der Waals surface area contributed by atoms with Gasteiger partial charge in [0, 0.05) is 17.2 Å². The van der Waals surface area contributed by atoms with Gasteiger partial charge in [-0.15, -0.1) is 0 Å². The van der Waals surface area contributed by atoms with Crippen molar-refractivity contribution in [2.75, 3.05) is 0 Å². The fourth-order valence-electron chi connectivity index (χ4n) is 4.25. The molecule has 0 saturated carbocycles. The van der Waals surface area contributed by atoms with Crippen LogP contribution in [0.2, 0.25) is 0 Å². The molecule has 140 valence electrons. The zero-order valence-electron chi connectivity index (χ0n) is 15.8. The highest BCUT2D eigenvalue weighted by Gasteiger charge is 2.53. The lowest BCUT2D eigenvalue weighted by molar-refractivity contribution is -0.821. The van der Waals surface area contributed by atoms with Crippen LogP contribution in [0.15, 0.2) is 120 Å². The van der Waals surface area contributed by atoms with E-state index in [0.717, 1.165) is 33.8 Å². The Kier molecular flexibility index (Phi) is 4.32. The first-order valence-electron chi connectivity index (χ1n) is 9.71. The number of hydrogen-bond donors (Lipinski definition) is 1. The zero-order valence-corrected chi connectivity index (χ0v) is 15.8. The molecule has 0 spiro atoms. The van der Waals surface area contributed by atoms with Crippen LogP contribution in [-0.4, -0.2) is 5.71 Å². The Morgan fingerprint density at radius 1 is 0.586 bits per heavy atom. The molecule has 29 heavy (non-hydrogen) atoms. The molecule has 3 heteroatoms. The maximum absolute atomic E-state index is 14.0. The Labute approximate surface area is 170 Å². The van der Waals surface area contributed by atoms with Crippen LogP contribution < -0.4 is 5.06 Å². The Bertz CT molecular complexity index is 1120. The molecule has 0 aliphatic carbocycles. The third kappa shape index (κ3) is 2.71. The topological polar surface area (TPSA) is 39.9 Å². The minimum absolute atomic E-state index is 0.0696. The van der Waals surface area contributed by atoms with Crippen LogP contribution >= 0.6 is 0 Å². The summed E-state index contributed by atoms with van der Waals surface area (Å²) < 4.78 is 0. The predicted octanol–water partition coefficient (Wildman–Crippen LogP) is 4.78. The maximum atomic E-state index is 14.0. The number of benzene rings is 4. The molecule has 0 radical (unpaired) electrons. The van der Waals surface area contributed by atoms with E-state index in [9.17, 15) is 5.21 Å². The van der Waals surface area contributed by atoms with Crippen molar-refractivity contribution in [3.8, 4) is 0 Å². The highest BCUT2D eigenvalue weighted by Crippen LogP contribution is 2.39. The van der Waals surface area contributed by atoms with Gasteiger partial charge in [-0.3, -0.25) is 0 Å². The lowest BCUT2D eigenvalue weighted by atomic mass is 9.78. The third-order valence-electron chi connectivity index (χ3n) is 5.53. The van der Waals surface area contributed by atoms with Crippen molar-refractivity contribution in [1.29, 1.82) is 0 Å². The van der Waals surface area contributed by atoms with Crippen LogP contribution in [0.4, 0.5) is 11.4 Å². The van der Waals surface area contributed by atoms with Crippen LogP contribution in [0.25, 0.3) is 0 Å². The second-order valence-corrected chi connectivity index (χ2v) is 7.15. The van der Waals surface area contributed by atoms with E-state index in [-0.39, 0.29) is 5.06 Å². The molecule has 1 aliphatic rings. The van der Waals surface area contributed by atoms with E-state index in [4.69, 9.17) is 4.99 Å². The van der Waals surface area contributed by atoms with E-state index < -0.39 is 5.54 Å². The first-order chi connectivity index (χ1) is 14.3. The Morgan fingerprint density at radius 3 is 1.66 bits per heavy atom. The van der Waals surface area contributed by atoms with Gasteiger partial charge in [-0.1, -0.05) is 91.0 Å². The normalized spacial score (nSPS) is 18.5. The second kappa shape index (κ2) is 7.13. The molecule has 1 N–H and O–H groups in total. The molecule has 0 aromatic heterocycles. The molecule has 0 bridgehead atoms. The summed E-state index contributed by atoms with van der Waals surface area (Å²) in [6.07, 6.45) is 0. The molecule has 4 aromatic rings. The van der Waals surface area contributed by atoms with Gasteiger partial charge in [0.15, 0.2) is 5.54 Å². The highest BCUT2D eigenvalue weighted by atomic mass is 16.5. The summed E-state index contributed by atoms with van der Waals surface area (Å²) in [5.74, 6) is 0. The largest absolute Gasteiger partial charge is 0.628 e. The summed E-state index contributed by atoms with van der Waals surface area (Å²) in [6.45, 7) is 0. The Balaban J connectivity index is 1.89.